The molecule has 0 bridgehead atoms. The van der Waals surface area contributed by atoms with Gasteiger partial charge in [0.1, 0.15) is 13.2 Å². The summed E-state index contributed by atoms with van der Waals surface area (Å²) in [4.78, 5) is 17.5. The molecule has 0 N–H and O–H groups in total. The number of carbonyl (C=O) groups is 1. The van der Waals surface area contributed by atoms with Crippen molar-refractivity contribution in [2.24, 2.45) is 10.4 Å². The molecule has 0 saturated carbocycles. The summed E-state index contributed by atoms with van der Waals surface area (Å²) in [6.45, 7) is 7.59. The molecule has 0 unspecified atom stereocenters. The monoisotopic (exact) mass is 366 g/mol. The average molecular weight is 367 g/mol. The Kier molecular flexibility index (Phi) is 4.92. The molecule has 0 aliphatic carbocycles. The van der Waals surface area contributed by atoms with Gasteiger partial charge in [-0.2, -0.15) is 16.8 Å². The van der Waals surface area contributed by atoms with Crippen molar-refractivity contribution in [1.29, 1.82) is 0 Å². The molecular formula is C17H22N2O3S2. The number of amides is 1. The highest BCUT2D eigenvalue weighted by Gasteiger charge is 2.22. The lowest BCUT2D eigenvalue weighted by Crippen LogP contribution is -2.24. The van der Waals surface area contributed by atoms with Crippen LogP contribution in [0.2, 0.25) is 0 Å². The van der Waals surface area contributed by atoms with Crippen LogP contribution in [0.15, 0.2) is 17.1 Å². The number of nitrogens with zero attached hydrogens (tertiary/aromatic N) is 2. The predicted octanol–water partition coefficient (Wildman–Crippen LogP) is 3.31. The highest BCUT2D eigenvalue weighted by Crippen LogP contribution is 2.35. The van der Waals surface area contributed by atoms with Crippen molar-refractivity contribution in [3.05, 3.63) is 16.9 Å². The normalized spacial score (nSPS) is 15.1. The van der Waals surface area contributed by atoms with Crippen LogP contribution < -0.4 is 14.3 Å². The summed E-state index contributed by atoms with van der Waals surface area (Å²) in [5.74, 6) is 2.38. The van der Waals surface area contributed by atoms with Gasteiger partial charge in [-0.1, -0.05) is 32.1 Å². The van der Waals surface area contributed by atoms with E-state index in [-0.39, 0.29) is 5.91 Å². The Hall–Kier alpha value is -1.47. The van der Waals surface area contributed by atoms with Gasteiger partial charge in [0, 0.05) is 29.8 Å². The molecular weight excluding hydrogens is 344 g/mol. The molecule has 2 aromatic rings. The smallest absolute Gasteiger partial charge is 0.253 e. The van der Waals surface area contributed by atoms with Gasteiger partial charge in [-0.25, -0.2) is 0 Å². The van der Waals surface area contributed by atoms with Gasteiger partial charge in [0.15, 0.2) is 16.3 Å². The maximum Gasteiger partial charge on any atom is 0.253 e. The lowest BCUT2D eigenvalue weighted by atomic mass is 9.96. The van der Waals surface area contributed by atoms with Gasteiger partial charge in [-0.15, -0.1) is 0 Å². The maximum absolute atomic E-state index is 12.4. The van der Waals surface area contributed by atoms with Crippen LogP contribution in [0.1, 0.15) is 20.8 Å². The molecule has 0 radical (unpaired) electrons. The lowest BCUT2D eigenvalue weighted by molar-refractivity contribution is -0.125. The van der Waals surface area contributed by atoms with Gasteiger partial charge in [-0.3, -0.25) is 4.79 Å². The Morgan fingerprint density at radius 2 is 1.96 bits per heavy atom. The van der Waals surface area contributed by atoms with Crippen molar-refractivity contribution in [1.82, 2.24) is 4.57 Å². The lowest BCUT2D eigenvalue weighted by Gasteiger charge is -2.18. The van der Waals surface area contributed by atoms with Crippen LogP contribution in [0, 0.1) is 5.41 Å². The fourth-order valence-electron chi connectivity index (χ4n) is 2.34. The molecule has 130 valence electrons. The number of aryl methyl sites for hydroxylation is 1. The standard InChI is InChI=1S/C17H22N2O3S2/c1-17(2,3)15(20)18-16-19(5-8-23-4)11-9-12-13(10-14(11)24-16)22-7-6-21-12/h9-10H,5-8H2,1-4H3. The molecule has 3 rings (SSSR count). The van der Waals surface area contributed by atoms with Gasteiger partial charge in [-0.05, 0) is 6.26 Å². The average Bonchev–Trinajstić information content (AvgIpc) is 2.86. The van der Waals surface area contributed by atoms with Crippen molar-refractivity contribution in [2.75, 3.05) is 25.2 Å². The Labute approximate surface area is 149 Å². The molecule has 0 saturated heterocycles. The minimum absolute atomic E-state index is 0.107. The van der Waals surface area contributed by atoms with Crippen molar-refractivity contribution < 1.29 is 14.3 Å². The second kappa shape index (κ2) is 6.80. The summed E-state index contributed by atoms with van der Waals surface area (Å²) in [5.41, 5.74) is 0.553. The molecule has 24 heavy (non-hydrogen) atoms. The minimum Gasteiger partial charge on any atom is -0.486 e. The summed E-state index contributed by atoms with van der Waals surface area (Å²) in [5, 5.41) is 0. The molecule has 1 amide bonds. The number of fused-ring (bicyclic) bond motifs is 2. The Morgan fingerprint density at radius 3 is 2.58 bits per heavy atom. The van der Waals surface area contributed by atoms with Crippen molar-refractivity contribution in [3.63, 3.8) is 0 Å². The summed E-state index contributed by atoms with van der Waals surface area (Å²) in [7, 11) is 0. The zero-order valence-electron chi connectivity index (χ0n) is 14.4. The predicted molar refractivity (Wildman–Crippen MR) is 99.2 cm³/mol. The molecule has 5 nitrogen and oxygen atoms in total. The molecule has 2 heterocycles. The van der Waals surface area contributed by atoms with Crippen molar-refractivity contribution >= 4 is 39.2 Å². The number of rotatable bonds is 3. The number of carbonyl (C=O) groups excluding carboxylic acids is 1. The molecule has 1 aromatic heterocycles. The highest BCUT2D eigenvalue weighted by atomic mass is 32.2. The fraction of sp³-hybridized carbons (Fsp3) is 0.529. The van der Waals surface area contributed by atoms with Crippen LogP contribution in [-0.2, 0) is 11.3 Å². The molecule has 0 fully saturated rings. The molecule has 7 heteroatoms. The van der Waals surface area contributed by atoms with E-state index in [0.29, 0.717) is 13.2 Å². The summed E-state index contributed by atoms with van der Waals surface area (Å²) < 4.78 is 14.5. The van der Waals surface area contributed by atoms with Crippen LogP contribution >= 0.6 is 23.1 Å². The van der Waals surface area contributed by atoms with Crippen LogP contribution in [0.25, 0.3) is 10.2 Å². The van der Waals surface area contributed by atoms with E-state index in [1.807, 2.05) is 32.9 Å². The third-order valence-electron chi connectivity index (χ3n) is 3.70. The zero-order valence-corrected chi connectivity index (χ0v) is 16.1. The van der Waals surface area contributed by atoms with Crippen LogP contribution in [0.5, 0.6) is 11.5 Å². The molecule has 1 aromatic carbocycles. The van der Waals surface area contributed by atoms with E-state index in [0.717, 1.165) is 38.8 Å². The molecule has 1 aliphatic heterocycles. The first-order valence-corrected chi connectivity index (χ1v) is 10.1. The SMILES string of the molecule is CSCCn1c(=NC(=O)C(C)(C)C)sc2cc3c(cc21)OCCO3. The highest BCUT2D eigenvalue weighted by molar-refractivity contribution is 7.98. The minimum atomic E-state index is -0.487. The van der Waals surface area contributed by atoms with Gasteiger partial charge >= 0.3 is 0 Å². The van der Waals surface area contributed by atoms with E-state index in [9.17, 15) is 4.79 Å². The van der Waals surface area contributed by atoms with E-state index in [1.54, 1.807) is 11.8 Å². The molecule has 0 atom stereocenters. The van der Waals surface area contributed by atoms with Crippen molar-refractivity contribution in [3.8, 4) is 11.5 Å². The first-order chi connectivity index (χ1) is 11.4. The largest absolute Gasteiger partial charge is 0.486 e. The van der Waals surface area contributed by atoms with E-state index in [4.69, 9.17) is 9.47 Å². The Balaban J connectivity index is 2.17. The van der Waals surface area contributed by atoms with Crippen LogP contribution in [0.4, 0.5) is 0 Å². The number of benzene rings is 1. The molecule has 1 aliphatic rings. The quantitative estimate of drug-likeness (QED) is 0.836. The van der Waals surface area contributed by atoms with Gasteiger partial charge < -0.3 is 14.0 Å². The third-order valence-corrected chi connectivity index (χ3v) is 5.34. The molecule has 0 spiro atoms. The first-order valence-electron chi connectivity index (χ1n) is 7.91. The van der Waals surface area contributed by atoms with Gasteiger partial charge in [0.05, 0.1) is 10.2 Å². The maximum atomic E-state index is 12.4. The summed E-state index contributed by atoms with van der Waals surface area (Å²) in [6, 6.07) is 3.99. The number of thiazole rings is 1. The number of aromatic nitrogens is 1. The Morgan fingerprint density at radius 1 is 1.29 bits per heavy atom. The Bertz CT molecular complexity index is 831. The summed E-state index contributed by atoms with van der Waals surface area (Å²) >= 11 is 3.29. The number of hydrogen-bond donors (Lipinski definition) is 0. The van der Waals surface area contributed by atoms with E-state index >= 15 is 0 Å². The summed E-state index contributed by atoms with van der Waals surface area (Å²) in [6.07, 6.45) is 2.07. The van der Waals surface area contributed by atoms with Crippen molar-refractivity contribution in [2.45, 2.75) is 27.3 Å². The van der Waals surface area contributed by atoms with E-state index in [2.05, 4.69) is 15.8 Å². The number of ether oxygens (including phenoxy) is 2. The number of thioether (sulfide) groups is 1. The van der Waals surface area contributed by atoms with Gasteiger partial charge in [0.25, 0.3) is 5.91 Å². The van der Waals surface area contributed by atoms with E-state index in [1.165, 1.54) is 11.3 Å². The topological polar surface area (TPSA) is 52.8 Å². The second-order valence-corrected chi connectivity index (χ2v) is 8.65. The van der Waals surface area contributed by atoms with Crippen LogP contribution in [0.3, 0.4) is 0 Å². The second-order valence-electron chi connectivity index (χ2n) is 6.66. The number of hydrogen-bond acceptors (Lipinski definition) is 5. The fourth-order valence-corrected chi connectivity index (χ4v) is 3.77. The third kappa shape index (κ3) is 3.47. The first kappa shape index (κ1) is 17.4. The van der Waals surface area contributed by atoms with Crippen LogP contribution in [-0.4, -0.2) is 35.7 Å². The van der Waals surface area contributed by atoms with Gasteiger partial charge in [0.2, 0.25) is 0 Å². The zero-order chi connectivity index (χ0) is 17.3. The van der Waals surface area contributed by atoms with E-state index < -0.39 is 5.41 Å².